The van der Waals surface area contributed by atoms with Crippen molar-refractivity contribution in [3.8, 4) is 5.75 Å². The Bertz CT molecular complexity index is 1260. The average molecular weight is 443 g/mol. The number of aromatic nitrogens is 4. The summed E-state index contributed by atoms with van der Waals surface area (Å²) in [7, 11) is 1.66. The van der Waals surface area contributed by atoms with E-state index >= 15 is 0 Å². The van der Waals surface area contributed by atoms with Gasteiger partial charge in [-0.1, -0.05) is 37.0 Å². The van der Waals surface area contributed by atoms with Crippen molar-refractivity contribution in [3.05, 3.63) is 59.8 Å². The molecule has 5 rings (SSSR count). The first-order chi connectivity index (χ1) is 16.1. The van der Waals surface area contributed by atoms with E-state index in [4.69, 9.17) is 14.7 Å². The number of hydrogen-bond donors (Lipinski definition) is 2. The molecule has 0 radical (unpaired) electrons. The van der Waals surface area contributed by atoms with Crippen LogP contribution in [0, 0.1) is 13.8 Å². The van der Waals surface area contributed by atoms with Gasteiger partial charge in [0.1, 0.15) is 11.3 Å². The van der Waals surface area contributed by atoms with Crippen molar-refractivity contribution in [2.24, 2.45) is 0 Å². The maximum Gasteiger partial charge on any atom is 0.229 e. The molecular weight excluding hydrogens is 412 g/mol. The highest BCUT2D eigenvalue weighted by Crippen LogP contribution is 2.35. The Morgan fingerprint density at radius 1 is 0.939 bits per heavy atom. The zero-order valence-corrected chi connectivity index (χ0v) is 19.4. The van der Waals surface area contributed by atoms with Gasteiger partial charge in [-0.2, -0.15) is 4.98 Å². The fourth-order valence-electron chi connectivity index (χ4n) is 4.60. The fourth-order valence-corrected chi connectivity index (χ4v) is 4.60. The quantitative estimate of drug-likeness (QED) is 0.358. The van der Waals surface area contributed by atoms with Gasteiger partial charge in [0.05, 0.1) is 13.3 Å². The van der Waals surface area contributed by atoms with Crippen molar-refractivity contribution in [1.29, 1.82) is 0 Å². The number of benzene rings is 2. The summed E-state index contributed by atoms with van der Waals surface area (Å²) in [6, 6.07) is 14.6. The number of anilines is 4. The van der Waals surface area contributed by atoms with Crippen molar-refractivity contribution < 1.29 is 4.74 Å². The standard InChI is InChI=1S/C26H30N6O/c1-17-9-14-22(18(2)15-17)29-26-30-23-16-27-25(28-19-10-12-21(33-3)13-11-19)31-24(23)32(26)20-7-5-4-6-8-20/h9-16,20H,4-8H2,1-3H3,(H,29,30)(H,27,28,31). The highest BCUT2D eigenvalue weighted by Gasteiger charge is 2.23. The van der Waals surface area contributed by atoms with E-state index in [1.54, 1.807) is 13.3 Å². The summed E-state index contributed by atoms with van der Waals surface area (Å²) in [5.74, 6) is 2.21. The predicted octanol–water partition coefficient (Wildman–Crippen LogP) is 6.44. The lowest BCUT2D eigenvalue weighted by Gasteiger charge is -2.25. The molecule has 4 aromatic rings. The van der Waals surface area contributed by atoms with Crippen LogP contribution in [-0.2, 0) is 0 Å². The van der Waals surface area contributed by atoms with Gasteiger partial charge in [0.15, 0.2) is 5.65 Å². The number of fused-ring (bicyclic) bond motifs is 1. The van der Waals surface area contributed by atoms with Crippen LogP contribution in [-0.4, -0.2) is 26.6 Å². The lowest BCUT2D eigenvalue weighted by molar-refractivity contribution is 0.361. The molecule has 2 aromatic carbocycles. The van der Waals surface area contributed by atoms with Gasteiger partial charge in [-0.05, 0) is 62.6 Å². The number of nitrogens with zero attached hydrogens (tertiary/aromatic N) is 4. The molecule has 2 N–H and O–H groups in total. The van der Waals surface area contributed by atoms with Crippen molar-refractivity contribution in [3.63, 3.8) is 0 Å². The molecule has 2 heterocycles. The van der Waals surface area contributed by atoms with Gasteiger partial charge in [0.2, 0.25) is 11.9 Å². The summed E-state index contributed by atoms with van der Waals surface area (Å²) in [6.07, 6.45) is 7.84. The van der Waals surface area contributed by atoms with E-state index in [2.05, 4.69) is 52.2 Å². The maximum absolute atomic E-state index is 5.25. The van der Waals surface area contributed by atoms with Gasteiger partial charge >= 0.3 is 0 Å². The molecule has 1 saturated carbocycles. The first-order valence-electron chi connectivity index (χ1n) is 11.6. The maximum atomic E-state index is 5.25. The molecule has 7 heteroatoms. The number of hydrogen-bond acceptors (Lipinski definition) is 6. The summed E-state index contributed by atoms with van der Waals surface area (Å²) in [5.41, 5.74) is 6.09. The molecule has 1 fully saturated rings. The third kappa shape index (κ3) is 4.49. The zero-order valence-electron chi connectivity index (χ0n) is 19.4. The van der Waals surface area contributed by atoms with Crippen LogP contribution in [0.15, 0.2) is 48.7 Å². The Labute approximate surface area is 194 Å². The van der Waals surface area contributed by atoms with Crippen molar-refractivity contribution >= 4 is 34.4 Å². The van der Waals surface area contributed by atoms with Gasteiger partial charge in [0, 0.05) is 17.4 Å². The van der Waals surface area contributed by atoms with Crippen LogP contribution in [0.25, 0.3) is 11.2 Å². The van der Waals surface area contributed by atoms with Crippen LogP contribution in [0.3, 0.4) is 0 Å². The molecule has 0 bridgehead atoms. The van der Waals surface area contributed by atoms with Crippen LogP contribution in [0.2, 0.25) is 0 Å². The second kappa shape index (κ2) is 9.10. The van der Waals surface area contributed by atoms with Gasteiger partial charge in [-0.15, -0.1) is 0 Å². The Kier molecular flexibility index (Phi) is 5.86. The van der Waals surface area contributed by atoms with Gasteiger partial charge < -0.3 is 15.4 Å². The monoisotopic (exact) mass is 442 g/mol. The second-order valence-corrected chi connectivity index (χ2v) is 8.80. The van der Waals surface area contributed by atoms with E-state index < -0.39 is 0 Å². The number of nitrogens with one attached hydrogen (secondary N) is 2. The molecule has 1 aliphatic rings. The number of methoxy groups -OCH3 is 1. The smallest absolute Gasteiger partial charge is 0.229 e. The molecule has 0 unspecified atom stereocenters. The van der Waals surface area contributed by atoms with Crippen molar-refractivity contribution in [2.75, 3.05) is 17.7 Å². The molecule has 0 amide bonds. The Balaban J connectivity index is 1.53. The molecule has 0 saturated heterocycles. The second-order valence-electron chi connectivity index (χ2n) is 8.80. The molecule has 0 aliphatic heterocycles. The summed E-state index contributed by atoms with van der Waals surface area (Å²) >= 11 is 0. The Morgan fingerprint density at radius 2 is 1.73 bits per heavy atom. The molecule has 1 aliphatic carbocycles. The molecule has 7 nitrogen and oxygen atoms in total. The minimum atomic E-state index is 0.376. The van der Waals surface area contributed by atoms with Gasteiger partial charge in [-0.25, -0.2) is 9.97 Å². The fraction of sp³-hybridized carbons (Fsp3) is 0.346. The van der Waals surface area contributed by atoms with Gasteiger partial charge in [0.25, 0.3) is 0 Å². The van der Waals surface area contributed by atoms with Crippen molar-refractivity contribution in [1.82, 2.24) is 19.5 Å². The van der Waals surface area contributed by atoms with Crippen LogP contribution < -0.4 is 15.4 Å². The number of ether oxygens (including phenoxy) is 1. The normalized spacial score (nSPS) is 14.4. The SMILES string of the molecule is COc1ccc(Nc2ncc3nc(Nc4ccc(C)cc4C)n(C4CCCCC4)c3n2)cc1. The summed E-state index contributed by atoms with van der Waals surface area (Å²) in [4.78, 5) is 14.3. The average Bonchev–Trinajstić information content (AvgIpc) is 3.19. The summed E-state index contributed by atoms with van der Waals surface area (Å²) in [6.45, 7) is 4.24. The van der Waals surface area contributed by atoms with E-state index in [1.165, 1.54) is 30.4 Å². The molecule has 0 spiro atoms. The first-order valence-corrected chi connectivity index (χ1v) is 11.6. The molecule has 2 aromatic heterocycles. The van der Waals surface area contributed by atoms with Crippen LogP contribution >= 0.6 is 0 Å². The molecular formula is C26H30N6O. The van der Waals surface area contributed by atoms with E-state index in [1.807, 2.05) is 24.3 Å². The summed E-state index contributed by atoms with van der Waals surface area (Å²) in [5, 5.41) is 6.90. The first kappa shape index (κ1) is 21.2. The molecule has 170 valence electrons. The third-order valence-electron chi connectivity index (χ3n) is 6.35. The van der Waals surface area contributed by atoms with Crippen LogP contribution in [0.5, 0.6) is 5.75 Å². The van der Waals surface area contributed by atoms with Crippen molar-refractivity contribution in [2.45, 2.75) is 52.0 Å². The third-order valence-corrected chi connectivity index (χ3v) is 6.35. The predicted molar refractivity (Wildman–Crippen MR) is 133 cm³/mol. The Hall–Kier alpha value is -3.61. The van der Waals surface area contributed by atoms with Gasteiger partial charge in [-0.3, -0.25) is 4.57 Å². The lowest BCUT2D eigenvalue weighted by atomic mass is 9.95. The lowest BCUT2D eigenvalue weighted by Crippen LogP contribution is -2.16. The molecule has 33 heavy (non-hydrogen) atoms. The van der Waals surface area contributed by atoms with E-state index in [-0.39, 0.29) is 0 Å². The topological polar surface area (TPSA) is 76.9 Å². The zero-order chi connectivity index (χ0) is 22.8. The minimum absolute atomic E-state index is 0.376. The number of imidazole rings is 1. The van der Waals surface area contributed by atoms with Crippen LogP contribution in [0.4, 0.5) is 23.3 Å². The minimum Gasteiger partial charge on any atom is -0.497 e. The van der Waals surface area contributed by atoms with E-state index in [0.29, 0.717) is 12.0 Å². The summed E-state index contributed by atoms with van der Waals surface area (Å²) < 4.78 is 7.54. The highest BCUT2D eigenvalue weighted by molar-refractivity contribution is 5.77. The Morgan fingerprint density at radius 3 is 2.45 bits per heavy atom. The van der Waals surface area contributed by atoms with Crippen LogP contribution in [0.1, 0.15) is 49.3 Å². The molecule has 0 atom stereocenters. The van der Waals surface area contributed by atoms with E-state index in [9.17, 15) is 0 Å². The number of aryl methyl sites for hydroxylation is 2. The largest absolute Gasteiger partial charge is 0.497 e. The number of rotatable bonds is 6. The van der Waals surface area contributed by atoms with E-state index in [0.717, 1.165) is 47.1 Å². The highest BCUT2D eigenvalue weighted by atomic mass is 16.5.